The first-order chi connectivity index (χ1) is 13.7. The van der Waals surface area contributed by atoms with Crippen molar-refractivity contribution in [3.8, 4) is 0 Å². The summed E-state index contributed by atoms with van der Waals surface area (Å²) >= 11 is 0. The van der Waals surface area contributed by atoms with E-state index in [2.05, 4.69) is 6.58 Å². The molecule has 0 aromatic heterocycles. The molecule has 0 spiro atoms. The Morgan fingerprint density at radius 2 is 1.90 bits per heavy atom. The highest BCUT2D eigenvalue weighted by Crippen LogP contribution is 2.47. The van der Waals surface area contributed by atoms with Crippen LogP contribution in [0, 0.1) is 10.8 Å². The van der Waals surface area contributed by atoms with Gasteiger partial charge in [-0.25, -0.2) is 4.79 Å². The third-order valence-electron chi connectivity index (χ3n) is 5.20. The number of ether oxygens (including phenoxy) is 4. The topological polar surface area (TPSA) is 74.4 Å². The van der Waals surface area contributed by atoms with Gasteiger partial charge < -0.3 is 18.9 Å². The number of carbonyl (C=O) groups excluding carboxylic acids is 2. The van der Waals surface area contributed by atoms with Gasteiger partial charge in [0.25, 0.3) is 0 Å². The van der Waals surface area contributed by atoms with Crippen molar-refractivity contribution in [2.24, 2.45) is 10.8 Å². The van der Waals surface area contributed by atoms with Crippen LogP contribution in [0.3, 0.4) is 0 Å². The molecule has 3 rings (SSSR count). The van der Waals surface area contributed by atoms with Gasteiger partial charge in [-0.2, -0.15) is 0 Å². The molecule has 0 bridgehead atoms. The minimum absolute atomic E-state index is 0.130. The largest absolute Gasteiger partial charge is 0.465 e. The molecular weight excluding hydrogens is 372 g/mol. The lowest BCUT2D eigenvalue weighted by Gasteiger charge is -2.26. The van der Waals surface area contributed by atoms with Crippen LogP contribution in [0.4, 0.5) is 0 Å². The number of benzene rings is 1. The molecule has 29 heavy (non-hydrogen) atoms. The highest BCUT2D eigenvalue weighted by Gasteiger charge is 2.48. The van der Waals surface area contributed by atoms with Crippen LogP contribution in [0.15, 0.2) is 43.0 Å². The molecule has 1 aliphatic carbocycles. The Morgan fingerprint density at radius 3 is 2.41 bits per heavy atom. The standard InChI is InChI=1S/C23H30O6/c1-5-17(29-20(24)16-9-7-6-8-10-16)19(18-13-26-18)27-14-23(11-12-23)15-28-21(25)22(2,3)4/h5-10,17-19H,1,11-15H2,2-4H3/t17-,18-,19-/m1/s1. The molecular formula is C23H30O6. The van der Waals surface area contributed by atoms with E-state index in [1.165, 1.54) is 0 Å². The summed E-state index contributed by atoms with van der Waals surface area (Å²) in [6.07, 6.45) is 2.26. The summed E-state index contributed by atoms with van der Waals surface area (Å²) in [6.45, 7) is 10.6. The molecule has 0 unspecified atom stereocenters. The lowest BCUT2D eigenvalue weighted by atomic mass is 9.97. The summed E-state index contributed by atoms with van der Waals surface area (Å²) in [7, 11) is 0. The quantitative estimate of drug-likeness (QED) is 0.338. The van der Waals surface area contributed by atoms with Gasteiger partial charge in [-0.3, -0.25) is 4.79 Å². The molecule has 3 atom stereocenters. The van der Waals surface area contributed by atoms with Crippen LogP contribution in [0.2, 0.25) is 0 Å². The normalized spacial score (nSPS) is 21.6. The van der Waals surface area contributed by atoms with E-state index >= 15 is 0 Å². The van der Waals surface area contributed by atoms with Gasteiger partial charge in [0.2, 0.25) is 0 Å². The number of carbonyl (C=O) groups is 2. The van der Waals surface area contributed by atoms with Crippen molar-refractivity contribution in [3.63, 3.8) is 0 Å². The van der Waals surface area contributed by atoms with Crippen molar-refractivity contribution in [1.82, 2.24) is 0 Å². The van der Waals surface area contributed by atoms with E-state index in [1.54, 1.807) is 30.3 Å². The van der Waals surface area contributed by atoms with Crippen LogP contribution in [0.1, 0.15) is 44.0 Å². The predicted molar refractivity (Wildman–Crippen MR) is 107 cm³/mol. The fraction of sp³-hybridized carbons (Fsp3) is 0.565. The second-order valence-electron chi connectivity index (χ2n) is 8.95. The monoisotopic (exact) mass is 402 g/mol. The first-order valence-corrected chi connectivity index (χ1v) is 10.0. The first-order valence-electron chi connectivity index (χ1n) is 10.0. The molecule has 0 N–H and O–H groups in total. The predicted octanol–water partition coefficient (Wildman–Crippen LogP) is 3.55. The Labute approximate surface area is 172 Å². The summed E-state index contributed by atoms with van der Waals surface area (Å²) in [5.74, 6) is -0.642. The molecule has 1 aliphatic heterocycles. The zero-order valence-corrected chi connectivity index (χ0v) is 17.4. The van der Waals surface area contributed by atoms with Gasteiger partial charge in [0, 0.05) is 5.41 Å². The van der Waals surface area contributed by atoms with Crippen molar-refractivity contribution >= 4 is 11.9 Å². The van der Waals surface area contributed by atoms with Crippen molar-refractivity contribution in [1.29, 1.82) is 0 Å². The molecule has 158 valence electrons. The van der Waals surface area contributed by atoms with Gasteiger partial charge in [-0.05, 0) is 51.8 Å². The Kier molecular flexibility index (Phi) is 6.44. The van der Waals surface area contributed by atoms with Crippen molar-refractivity contribution in [3.05, 3.63) is 48.6 Å². The molecule has 1 aromatic carbocycles. The van der Waals surface area contributed by atoms with Gasteiger partial charge in [0.15, 0.2) is 0 Å². The van der Waals surface area contributed by atoms with Gasteiger partial charge in [-0.1, -0.05) is 24.8 Å². The van der Waals surface area contributed by atoms with E-state index in [9.17, 15) is 9.59 Å². The lowest BCUT2D eigenvalue weighted by Crippen LogP contribution is -2.38. The molecule has 1 heterocycles. The highest BCUT2D eigenvalue weighted by atomic mass is 16.6. The lowest BCUT2D eigenvalue weighted by molar-refractivity contribution is -0.156. The fourth-order valence-electron chi connectivity index (χ4n) is 2.89. The van der Waals surface area contributed by atoms with Crippen LogP contribution in [-0.2, 0) is 23.7 Å². The van der Waals surface area contributed by atoms with E-state index in [0.29, 0.717) is 25.4 Å². The Bertz CT molecular complexity index is 727. The maximum Gasteiger partial charge on any atom is 0.338 e. The van der Waals surface area contributed by atoms with E-state index in [4.69, 9.17) is 18.9 Å². The molecule has 6 heteroatoms. The smallest absolute Gasteiger partial charge is 0.338 e. The van der Waals surface area contributed by atoms with Crippen molar-refractivity contribution < 1.29 is 28.5 Å². The van der Waals surface area contributed by atoms with E-state index < -0.39 is 23.6 Å². The third-order valence-corrected chi connectivity index (χ3v) is 5.20. The van der Waals surface area contributed by atoms with Crippen LogP contribution < -0.4 is 0 Å². The average molecular weight is 402 g/mol. The Balaban J connectivity index is 1.56. The minimum Gasteiger partial charge on any atom is -0.465 e. The number of epoxide rings is 1. The molecule has 1 aromatic rings. The maximum absolute atomic E-state index is 12.4. The summed E-state index contributed by atoms with van der Waals surface area (Å²) in [4.78, 5) is 24.5. The summed E-state index contributed by atoms with van der Waals surface area (Å²) < 4.78 is 22.7. The Hall–Kier alpha value is -2.18. The van der Waals surface area contributed by atoms with E-state index in [-0.39, 0.29) is 17.5 Å². The molecule has 2 fully saturated rings. The second-order valence-corrected chi connectivity index (χ2v) is 8.95. The number of hydrogen-bond acceptors (Lipinski definition) is 6. The minimum atomic E-state index is -0.622. The van der Waals surface area contributed by atoms with Crippen molar-refractivity contribution in [2.75, 3.05) is 19.8 Å². The molecule has 1 saturated carbocycles. The van der Waals surface area contributed by atoms with Crippen LogP contribution in [-0.4, -0.2) is 50.1 Å². The van der Waals surface area contributed by atoms with E-state index in [1.807, 2.05) is 26.8 Å². The summed E-state index contributed by atoms with van der Waals surface area (Å²) in [6, 6.07) is 8.82. The maximum atomic E-state index is 12.4. The summed E-state index contributed by atoms with van der Waals surface area (Å²) in [5.41, 5.74) is -0.216. The van der Waals surface area contributed by atoms with Gasteiger partial charge in [-0.15, -0.1) is 0 Å². The number of hydrogen-bond donors (Lipinski definition) is 0. The van der Waals surface area contributed by atoms with Crippen molar-refractivity contribution in [2.45, 2.75) is 51.9 Å². The molecule has 0 amide bonds. The SMILES string of the molecule is C=C[C@@H](OC(=O)c1ccccc1)[C@@H](OCC1(COC(=O)C(C)(C)C)CC1)[C@H]1CO1. The van der Waals surface area contributed by atoms with E-state index in [0.717, 1.165) is 12.8 Å². The number of rotatable bonds is 10. The molecule has 6 nitrogen and oxygen atoms in total. The van der Waals surface area contributed by atoms with Gasteiger partial charge in [0.1, 0.15) is 18.3 Å². The highest BCUT2D eigenvalue weighted by molar-refractivity contribution is 5.89. The Morgan fingerprint density at radius 1 is 1.24 bits per heavy atom. The van der Waals surface area contributed by atoms with Crippen LogP contribution in [0.5, 0.6) is 0 Å². The fourth-order valence-corrected chi connectivity index (χ4v) is 2.89. The third kappa shape index (κ3) is 5.90. The second kappa shape index (κ2) is 8.67. The number of esters is 2. The zero-order valence-electron chi connectivity index (χ0n) is 17.4. The molecule has 2 aliphatic rings. The summed E-state index contributed by atoms with van der Waals surface area (Å²) in [5, 5.41) is 0. The zero-order chi connectivity index (χ0) is 21.1. The van der Waals surface area contributed by atoms with Gasteiger partial charge in [0.05, 0.1) is 30.8 Å². The van der Waals surface area contributed by atoms with Gasteiger partial charge >= 0.3 is 11.9 Å². The van der Waals surface area contributed by atoms with Crippen LogP contribution >= 0.6 is 0 Å². The average Bonchev–Trinajstić information content (AvgIpc) is 3.61. The molecule has 0 radical (unpaired) electrons. The van der Waals surface area contributed by atoms with Crippen LogP contribution in [0.25, 0.3) is 0 Å². The first kappa shape index (κ1) is 21.5. The molecule has 1 saturated heterocycles.